The molecule has 0 bridgehead atoms. The molecule has 1 amide bonds. The Kier molecular flexibility index (Phi) is 6.14. The topological polar surface area (TPSA) is 91.0 Å². The molecule has 0 spiro atoms. The van der Waals surface area contributed by atoms with Gasteiger partial charge in [-0.3, -0.25) is 14.5 Å². The van der Waals surface area contributed by atoms with Crippen LogP contribution in [0.4, 0.5) is 5.13 Å². The number of hydrogen-bond acceptors (Lipinski definition) is 7. The summed E-state index contributed by atoms with van der Waals surface area (Å²) < 4.78 is 0. The van der Waals surface area contributed by atoms with Crippen LogP contribution >= 0.6 is 22.7 Å². The summed E-state index contributed by atoms with van der Waals surface area (Å²) in [6.45, 7) is 7.65. The molecule has 1 aliphatic carbocycles. The zero-order chi connectivity index (χ0) is 22.2. The van der Waals surface area contributed by atoms with Gasteiger partial charge in [-0.15, -0.1) is 22.7 Å². The molecule has 1 aliphatic heterocycles. The lowest BCUT2D eigenvalue weighted by molar-refractivity contribution is -0.116. The van der Waals surface area contributed by atoms with Crippen LogP contribution in [0, 0.1) is 11.8 Å². The average molecular weight is 472 g/mol. The zero-order valence-electron chi connectivity index (χ0n) is 18.6. The second-order valence-electron chi connectivity index (χ2n) is 9.38. The molecule has 2 atom stereocenters. The number of aromatic amines is 1. The number of carbonyl (C=O) groups excluding carboxylic acids is 1. The Bertz CT molecular complexity index is 1190. The molecule has 0 radical (unpaired) electrons. The van der Waals surface area contributed by atoms with Crippen LogP contribution in [-0.4, -0.2) is 38.8 Å². The van der Waals surface area contributed by atoms with E-state index in [1.165, 1.54) is 28.2 Å². The first kappa shape index (κ1) is 21.7. The second kappa shape index (κ2) is 9.03. The lowest BCUT2D eigenvalue weighted by atomic mass is 9.92. The van der Waals surface area contributed by atoms with Crippen molar-refractivity contribution in [3.05, 3.63) is 37.7 Å². The quantitative estimate of drug-likeness (QED) is 0.567. The van der Waals surface area contributed by atoms with Gasteiger partial charge in [0.25, 0.3) is 5.56 Å². The molecule has 1 saturated heterocycles. The number of thiophene rings is 1. The van der Waals surface area contributed by atoms with E-state index in [9.17, 15) is 9.59 Å². The molecule has 2 aliphatic rings. The van der Waals surface area contributed by atoms with Crippen molar-refractivity contribution in [3.8, 4) is 0 Å². The van der Waals surface area contributed by atoms with E-state index in [1.807, 2.05) is 5.38 Å². The number of aryl methyl sites for hydroxylation is 3. The number of likely N-dealkylation sites (tertiary alicyclic amines) is 1. The minimum Gasteiger partial charge on any atom is -0.310 e. The number of piperidine rings is 1. The molecule has 7 nitrogen and oxygen atoms in total. The van der Waals surface area contributed by atoms with E-state index in [-0.39, 0.29) is 17.9 Å². The Morgan fingerprint density at radius 3 is 2.88 bits per heavy atom. The first-order chi connectivity index (χ1) is 15.4. The normalized spacial score (nSPS) is 21.2. The van der Waals surface area contributed by atoms with E-state index in [0.29, 0.717) is 29.2 Å². The minimum atomic E-state index is -0.109. The summed E-state index contributed by atoms with van der Waals surface area (Å²) in [5.41, 5.74) is 2.11. The number of fused-ring (bicyclic) bond motifs is 3. The summed E-state index contributed by atoms with van der Waals surface area (Å²) in [6, 6.07) is 0. The largest absolute Gasteiger partial charge is 0.310 e. The monoisotopic (exact) mass is 471 g/mol. The molecule has 1 fully saturated rings. The molecule has 4 heterocycles. The molecule has 3 aromatic rings. The number of carbonyl (C=O) groups is 1. The zero-order valence-corrected chi connectivity index (χ0v) is 20.2. The van der Waals surface area contributed by atoms with Crippen LogP contribution in [0.5, 0.6) is 0 Å². The average Bonchev–Trinajstić information content (AvgIpc) is 3.42. The third-order valence-electron chi connectivity index (χ3n) is 6.34. The predicted octanol–water partition coefficient (Wildman–Crippen LogP) is 3.98. The fourth-order valence-corrected chi connectivity index (χ4v) is 7.16. The second-order valence-corrected chi connectivity index (χ2v) is 11.3. The molecule has 9 heteroatoms. The minimum absolute atomic E-state index is 0.0734. The Morgan fingerprint density at radius 1 is 1.25 bits per heavy atom. The number of nitrogens with zero attached hydrogens (tertiary/aromatic N) is 3. The van der Waals surface area contributed by atoms with Crippen LogP contribution in [0.3, 0.4) is 0 Å². The van der Waals surface area contributed by atoms with E-state index in [1.54, 1.807) is 11.3 Å². The van der Waals surface area contributed by atoms with Crippen molar-refractivity contribution in [3.63, 3.8) is 0 Å². The van der Waals surface area contributed by atoms with Crippen LogP contribution in [0.2, 0.25) is 0 Å². The van der Waals surface area contributed by atoms with Gasteiger partial charge in [0.15, 0.2) is 5.13 Å². The summed E-state index contributed by atoms with van der Waals surface area (Å²) >= 11 is 3.09. The molecule has 0 saturated carbocycles. The molecular weight excluding hydrogens is 442 g/mol. The number of hydrogen-bond donors (Lipinski definition) is 2. The van der Waals surface area contributed by atoms with E-state index in [0.717, 1.165) is 54.8 Å². The molecular formula is C23H29N5O2S2. The van der Waals surface area contributed by atoms with Crippen molar-refractivity contribution in [1.82, 2.24) is 19.9 Å². The van der Waals surface area contributed by atoms with Crippen molar-refractivity contribution < 1.29 is 4.79 Å². The van der Waals surface area contributed by atoms with Crippen LogP contribution in [0.25, 0.3) is 10.2 Å². The van der Waals surface area contributed by atoms with E-state index >= 15 is 0 Å². The third kappa shape index (κ3) is 4.65. The highest BCUT2D eigenvalue weighted by atomic mass is 32.1. The van der Waals surface area contributed by atoms with Crippen LogP contribution in [0.1, 0.15) is 55.1 Å². The van der Waals surface area contributed by atoms with Crippen LogP contribution in [-0.2, 0) is 30.6 Å². The molecule has 32 heavy (non-hydrogen) atoms. The van der Waals surface area contributed by atoms with Crippen LogP contribution in [0.15, 0.2) is 10.2 Å². The van der Waals surface area contributed by atoms with Crippen molar-refractivity contribution >= 4 is 43.9 Å². The highest BCUT2D eigenvalue weighted by Crippen LogP contribution is 2.34. The summed E-state index contributed by atoms with van der Waals surface area (Å²) in [5.74, 6) is 1.89. The van der Waals surface area contributed by atoms with Gasteiger partial charge in [0.2, 0.25) is 5.91 Å². The lowest BCUT2D eigenvalue weighted by Crippen LogP contribution is -2.38. The number of amides is 1. The van der Waals surface area contributed by atoms with Crippen molar-refractivity contribution in [2.24, 2.45) is 11.8 Å². The predicted molar refractivity (Wildman–Crippen MR) is 130 cm³/mol. The first-order valence-electron chi connectivity index (χ1n) is 11.4. The maximum Gasteiger partial charge on any atom is 0.259 e. The number of aromatic nitrogens is 3. The molecule has 0 unspecified atom stereocenters. The Balaban J connectivity index is 1.17. The molecule has 3 aromatic heterocycles. The standard InChI is InChI=1S/C23H29N5O2S2/c1-13-8-14(2)10-28(9-13)11-15-12-31-23(24-15)27-19(29)7-6-18-25-21(30)20-16-4-3-5-17(16)32-22(20)26-18/h12-14H,3-11H2,1-2H3,(H,24,27,29)(H,25,26,30)/t13-,14-/m1/s1. The van der Waals surface area contributed by atoms with Gasteiger partial charge in [-0.05, 0) is 43.1 Å². The third-order valence-corrected chi connectivity index (χ3v) is 8.33. The maximum absolute atomic E-state index is 12.6. The van der Waals surface area contributed by atoms with Gasteiger partial charge in [-0.25, -0.2) is 9.97 Å². The van der Waals surface area contributed by atoms with Crippen molar-refractivity contribution in [2.75, 3.05) is 18.4 Å². The molecule has 5 rings (SSSR count). The number of rotatable bonds is 6. The van der Waals surface area contributed by atoms with Gasteiger partial charge in [-0.1, -0.05) is 13.8 Å². The van der Waals surface area contributed by atoms with Gasteiger partial charge >= 0.3 is 0 Å². The van der Waals surface area contributed by atoms with Gasteiger partial charge < -0.3 is 10.3 Å². The first-order valence-corrected chi connectivity index (χ1v) is 13.1. The Labute approximate surface area is 195 Å². The highest BCUT2D eigenvalue weighted by molar-refractivity contribution is 7.18. The molecule has 0 aromatic carbocycles. The maximum atomic E-state index is 12.6. The van der Waals surface area contributed by atoms with Gasteiger partial charge in [0.05, 0.1) is 11.1 Å². The fraction of sp³-hybridized carbons (Fsp3) is 0.565. The summed E-state index contributed by atoms with van der Waals surface area (Å²) in [5, 5.41) is 6.32. The van der Waals surface area contributed by atoms with Gasteiger partial charge in [-0.2, -0.15) is 0 Å². The van der Waals surface area contributed by atoms with Gasteiger partial charge in [0, 0.05) is 42.7 Å². The summed E-state index contributed by atoms with van der Waals surface area (Å²) in [6.07, 6.45) is 5.08. The SMILES string of the molecule is C[C@@H]1C[C@@H](C)CN(Cc2csc(NC(=O)CCc3nc4sc5c(c4c(=O)[nH]3)CCC5)n2)C1. The summed E-state index contributed by atoms with van der Waals surface area (Å²) in [4.78, 5) is 41.7. The lowest BCUT2D eigenvalue weighted by Gasteiger charge is -2.34. The molecule has 2 N–H and O–H groups in total. The Hall–Kier alpha value is -2.10. The smallest absolute Gasteiger partial charge is 0.259 e. The number of nitrogens with one attached hydrogen (secondary N) is 2. The summed E-state index contributed by atoms with van der Waals surface area (Å²) in [7, 11) is 0. The molecule has 170 valence electrons. The van der Waals surface area contributed by atoms with Crippen molar-refractivity contribution in [1.29, 1.82) is 0 Å². The van der Waals surface area contributed by atoms with Crippen molar-refractivity contribution in [2.45, 2.75) is 58.9 Å². The highest BCUT2D eigenvalue weighted by Gasteiger charge is 2.23. The Morgan fingerprint density at radius 2 is 2.06 bits per heavy atom. The van der Waals surface area contributed by atoms with E-state index in [2.05, 4.69) is 39.0 Å². The van der Waals surface area contributed by atoms with E-state index in [4.69, 9.17) is 0 Å². The number of anilines is 1. The van der Waals surface area contributed by atoms with Gasteiger partial charge in [0.1, 0.15) is 10.7 Å². The number of thiazole rings is 1. The fourth-order valence-electron chi connectivity index (χ4n) is 5.17. The van der Waals surface area contributed by atoms with E-state index < -0.39 is 0 Å². The van der Waals surface area contributed by atoms with Crippen LogP contribution < -0.4 is 10.9 Å². The number of H-pyrrole nitrogens is 1.